The zero-order valence-corrected chi connectivity index (χ0v) is 13.7. The van der Waals surface area contributed by atoms with Gasteiger partial charge in [-0.25, -0.2) is 0 Å². The normalized spacial score (nSPS) is 38.0. The van der Waals surface area contributed by atoms with Crippen molar-refractivity contribution >= 4 is 0 Å². The van der Waals surface area contributed by atoms with E-state index in [1.165, 1.54) is 77.3 Å². The predicted octanol–water partition coefficient (Wildman–Crippen LogP) is 3.94. The van der Waals surface area contributed by atoms with Gasteiger partial charge in [-0.15, -0.1) is 0 Å². The third kappa shape index (κ3) is 3.06. The molecule has 0 aromatic heterocycles. The number of nitrogens with zero attached hydrogens (tertiary/aromatic N) is 1. The average molecular weight is 278 g/mol. The second kappa shape index (κ2) is 5.61. The number of nitrogens with two attached hydrogens (primary N) is 1. The fourth-order valence-corrected chi connectivity index (χ4v) is 5.10. The molecule has 0 amide bonds. The van der Waals surface area contributed by atoms with E-state index in [4.69, 9.17) is 5.73 Å². The highest BCUT2D eigenvalue weighted by Crippen LogP contribution is 2.46. The Hall–Kier alpha value is -0.0800. The summed E-state index contributed by atoms with van der Waals surface area (Å²) in [5.41, 5.74) is 7.68. The van der Waals surface area contributed by atoms with E-state index in [0.717, 1.165) is 5.41 Å². The number of likely N-dealkylation sites (tertiary alicyclic amines) is 1. The lowest BCUT2D eigenvalue weighted by Gasteiger charge is -2.50. The molecule has 2 N–H and O–H groups in total. The molecule has 2 heteroatoms. The average Bonchev–Trinajstić information content (AvgIpc) is 2.44. The Kier molecular flexibility index (Phi) is 4.16. The first kappa shape index (κ1) is 14.8. The maximum absolute atomic E-state index is 6.46. The minimum Gasteiger partial charge on any atom is -0.326 e. The van der Waals surface area contributed by atoms with E-state index in [0.29, 0.717) is 17.5 Å². The minimum absolute atomic E-state index is 0.420. The molecule has 2 unspecified atom stereocenters. The maximum atomic E-state index is 6.46. The molecule has 116 valence electrons. The Balaban J connectivity index is 1.59. The molecule has 0 bridgehead atoms. The molecule has 3 fully saturated rings. The molecule has 1 saturated heterocycles. The van der Waals surface area contributed by atoms with Crippen LogP contribution in [0.3, 0.4) is 0 Å². The maximum Gasteiger partial charge on any atom is 0.0252 e. The van der Waals surface area contributed by atoms with Crippen molar-refractivity contribution in [2.24, 2.45) is 16.6 Å². The van der Waals surface area contributed by atoms with Gasteiger partial charge in [0, 0.05) is 12.1 Å². The Bertz CT molecular complexity index is 320. The molecule has 1 heterocycles. The smallest absolute Gasteiger partial charge is 0.0252 e. The van der Waals surface area contributed by atoms with Crippen molar-refractivity contribution in [1.29, 1.82) is 0 Å². The number of hydrogen-bond acceptors (Lipinski definition) is 2. The monoisotopic (exact) mass is 278 g/mol. The summed E-state index contributed by atoms with van der Waals surface area (Å²) in [6, 6.07) is 1.07. The molecule has 0 aromatic carbocycles. The van der Waals surface area contributed by atoms with E-state index >= 15 is 0 Å². The summed E-state index contributed by atoms with van der Waals surface area (Å²) in [5, 5.41) is 0. The third-order valence-corrected chi connectivity index (χ3v) is 6.65. The van der Waals surface area contributed by atoms with E-state index < -0.39 is 0 Å². The first-order valence-corrected chi connectivity index (χ1v) is 9.00. The Morgan fingerprint density at radius 1 is 0.900 bits per heavy atom. The van der Waals surface area contributed by atoms with Crippen molar-refractivity contribution < 1.29 is 0 Å². The second-order valence-electron chi connectivity index (χ2n) is 8.73. The lowest BCUT2D eigenvalue weighted by molar-refractivity contribution is 0.00987. The molecule has 2 atom stereocenters. The molecule has 2 aliphatic carbocycles. The molecular formula is C18H34N2. The van der Waals surface area contributed by atoms with Gasteiger partial charge in [0.2, 0.25) is 0 Å². The van der Waals surface area contributed by atoms with Gasteiger partial charge in [0.15, 0.2) is 0 Å². The van der Waals surface area contributed by atoms with Crippen molar-refractivity contribution in [3.8, 4) is 0 Å². The summed E-state index contributed by atoms with van der Waals surface area (Å²) in [4.78, 5) is 2.76. The Morgan fingerprint density at radius 2 is 1.55 bits per heavy atom. The SMILES string of the molecule is CC1(C)CCC(N)C(N2CCC3(CCCCC3)CC2)C1. The lowest BCUT2D eigenvalue weighted by atomic mass is 9.67. The molecule has 0 aromatic rings. The van der Waals surface area contributed by atoms with Crippen LogP contribution >= 0.6 is 0 Å². The van der Waals surface area contributed by atoms with Gasteiger partial charge in [-0.1, -0.05) is 33.1 Å². The van der Waals surface area contributed by atoms with Gasteiger partial charge in [0.05, 0.1) is 0 Å². The molecule has 2 saturated carbocycles. The van der Waals surface area contributed by atoms with Crippen molar-refractivity contribution in [2.45, 2.75) is 90.1 Å². The van der Waals surface area contributed by atoms with Crippen LogP contribution in [-0.4, -0.2) is 30.1 Å². The molecule has 1 aliphatic heterocycles. The summed E-state index contributed by atoms with van der Waals surface area (Å²) in [7, 11) is 0. The van der Waals surface area contributed by atoms with E-state index in [9.17, 15) is 0 Å². The zero-order chi connectivity index (χ0) is 14.2. The molecule has 20 heavy (non-hydrogen) atoms. The quantitative estimate of drug-likeness (QED) is 0.787. The number of rotatable bonds is 1. The van der Waals surface area contributed by atoms with Crippen LogP contribution in [0.5, 0.6) is 0 Å². The Morgan fingerprint density at radius 3 is 2.20 bits per heavy atom. The molecule has 3 aliphatic rings. The fraction of sp³-hybridized carbons (Fsp3) is 1.00. The van der Waals surface area contributed by atoms with Crippen LogP contribution in [0.1, 0.15) is 78.1 Å². The van der Waals surface area contributed by atoms with Gasteiger partial charge < -0.3 is 5.73 Å². The fourth-order valence-electron chi connectivity index (χ4n) is 5.10. The largest absolute Gasteiger partial charge is 0.326 e. The van der Waals surface area contributed by atoms with Gasteiger partial charge in [-0.05, 0) is 68.9 Å². The summed E-state index contributed by atoms with van der Waals surface area (Å²) < 4.78 is 0. The van der Waals surface area contributed by atoms with Crippen LogP contribution in [-0.2, 0) is 0 Å². The molecular weight excluding hydrogens is 244 g/mol. The van der Waals surface area contributed by atoms with E-state index in [2.05, 4.69) is 18.7 Å². The van der Waals surface area contributed by atoms with Crippen LogP contribution < -0.4 is 5.73 Å². The third-order valence-electron chi connectivity index (χ3n) is 6.65. The molecule has 1 spiro atoms. The van der Waals surface area contributed by atoms with Crippen molar-refractivity contribution in [3.05, 3.63) is 0 Å². The standard InChI is InChI=1S/C18H34N2/c1-17(2)9-6-15(19)16(14-17)20-12-10-18(11-13-20)7-4-3-5-8-18/h15-16H,3-14,19H2,1-2H3. The highest BCUT2D eigenvalue weighted by atomic mass is 15.2. The van der Waals surface area contributed by atoms with Gasteiger partial charge in [0.1, 0.15) is 0 Å². The Labute approximate surface area is 125 Å². The van der Waals surface area contributed by atoms with E-state index in [1.54, 1.807) is 0 Å². The molecule has 0 radical (unpaired) electrons. The van der Waals surface area contributed by atoms with Crippen molar-refractivity contribution in [2.75, 3.05) is 13.1 Å². The van der Waals surface area contributed by atoms with Crippen LogP contribution in [0, 0.1) is 10.8 Å². The minimum atomic E-state index is 0.420. The summed E-state index contributed by atoms with van der Waals surface area (Å²) in [5.74, 6) is 0. The van der Waals surface area contributed by atoms with Crippen LogP contribution in [0.15, 0.2) is 0 Å². The molecule has 2 nitrogen and oxygen atoms in total. The topological polar surface area (TPSA) is 29.3 Å². The van der Waals surface area contributed by atoms with Crippen LogP contribution in [0.2, 0.25) is 0 Å². The van der Waals surface area contributed by atoms with Gasteiger partial charge in [0.25, 0.3) is 0 Å². The van der Waals surface area contributed by atoms with E-state index in [-0.39, 0.29) is 0 Å². The highest BCUT2D eigenvalue weighted by Gasteiger charge is 2.41. The van der Waals surface area contributed by atoms with Crippen LogP contribution in [0.4, 0.5) is 0 Å². The zero-order valence-electron chi connectivity index (χ0n) is 13.7. The number of hydrogen-bond donors (Lipinski definition) is 1. The first-order chi connectivity index (χ1) is 9.50. The van der Waals surface area contributed by atoms with Crippen LogP contribution in [0.25, 0.3) is 0 Å². The molecule has 3 rings (SSSR count). The lowest BCUT2D eigenvalue weighted by Crippen LogP contribution is -2.56. The summed E-state index contributed by atoms with van der Waals surface area (Å²) in [6.45, 7) is 7.49. The highest BCUT2D eigenvalue weighted by molar-refractivity contribution is 4.96. The summed E-state index contributed by atoms with van der Waals surface area (Å²) in [6.07, 6.45) is 14.2. The van der Waals surface area contributed by atoms with Gasteiger partial charge in [-0.3, -0.25) is 4.90 Å². The summed E-state index contributed by atoms with van der Waals surface area (Å²) >= 11 is 0. The van der Waals surface area contributed by atoms with Gasteiger partial charge in [-0.2, -0.15) is 0 Å². The first-order valence-electron chi connectivity index (χ1n) is 9.00. The van der Waals surface area contributed by atoms with E-state index in [1.807, 2.05) is 0 Å². The second-order valence-corrected chi connectivity index (χ2v) is 8.73. The predicted molar refractivity (Wildman–Crippen MR) is 85.7 cm³/mol. The van der Waals surface area contributed by atoms with Crippen molar-refractivity contribution in [1.82, 2.24) is 4.90 Å². The number of piperidine rings is 1. The van der Waals surface area contributed by atoms with Crippen molar-refractivity contribution in [3.63, 3.8) is 0 Å². The van der Waals surface area contributed by atoms with Gasteiger partial charge >= 0.3 is 0 Å².